The number of phenolic OH excluding ortho intramolecular Hbond substituents is 1. The van der Waals surface area contributed by atoms with Gasteiger partial charge < -0.3 is 24.1 Å². The quantitative estimate of drug-likeness (QED) is 0.544. The summed E-state index contributed by atoms with van der Waals surface area (Å²) >= 11 is 6.07. The minimum Gasteiger partial charge on any atom is -0.506 e. The number of hydrogen-bond acceptors (Lipinski definition) is 6. The first-order valence-corrected chi connectivity index (χ1v) is 9.83. The van der Waals surface area contributed by atoms with Crippen LogP contribution in [0.2, 0.25) is 5.02 Å². The molecule has 0 saturated heterocycles. The summed E-state index contributed by atoms with van der Waals surface area (Å²) < 4.78 is 17.0. The average Bonchev–Trinajstić information content (AvgIpc) is 2.69. The van der Waals surface area contributed by atoms with E-state index in [9.17, 15) is 14.7 Å². The molecule has 7 nitrogen and oxygen atoms in total. The summed E-state index contributed by atoms with van der Waals surface area (Å²) in [5.74, 6) is -0.271. The van der Waals surface area contributed by atoms with Gasteiger partial charge in [0.25, 0.3) is 0 Å². The van der Waals surface area contributed by atoms with Crippen LogP contribution >= 0.6 is 11.6 Å². The monoisotopic (exact) mass is 430 g/mol. The number of carbonyl (C=O) groups is 1. The normalized spacial score (nSPS) is 18.2. The molecule has 0 radical (unpaired) electrons. The molecule has 0 bridgehead atoms. The average molecular weight is 431 g/mol. The number of phenols is 1. The minimum absolute atomic E-state index is 0.00691. The molecule has 0 spiro atoms. The van der Waals surface area contributed by atoms with Crippen molar-refractivity contribution in [1.29, 1.82) is 0 Å². The number of carboxylic acids is 1. The molecule has 0 atom stereocenters. The molecule has 1 aliphatic carbocycles. The molecule has 156 valence electrons. The molecule has 0 amide bonds. The number of aromatic hydroxyl groups is 1. The summed E-state index contributed by atoms with van der Waals surface area (Å²) in [7, 11) is 0. The van der Waals surface area contributed by atoms with Gasteiger partial charge in [-0.05, 0) is 49.2 Å². The van der Waals surface area contributed by atoms with Gasteiger partial charge in [-0.25, -0.2) is 0 Å². The van der Waals surface area contributed by atoms with Crippen LogP contribution in [0.15, 0.2) is 51.7 Å². The van der Waals surface area contributed by atoms with Gasteiger partial charge in [0.2, 0.25) is 0 Å². The third-order valence-electron chi connectivity index (χ3n) is 5.10. The Hall–Kier alpha value is -3.03. The molecule has 1 aliphatic rings. The van der Waals surface area contributed by atoms with E-state index in [1.807, 2.05) is 0 Å². The lowest BCUT2D eigenvalue weighted by Gasteiger charge is -2.31. The third-order valence-corrected chi connectivity index (χ3v) is 5.47. The highest BCUT2D eigenvalue weighted by molar-refractivity contribution is 6.36. The van der Waals surface area contributed by atoms with Crippen molar-refractivity contribution in [3.63, 3.8) is 0 Å². The van der Waals surface area contributed by atoms with E-state index in [2.05, 4.69) is 0 Å². The van der Waals surface area contributed by atoms with E-state index in [1.54, 1.807) is 24.3 Å². The Morgan fingerprint density at radius 2 is 1.87 bits per heavy atom. The molecule has 8 heteroatoms. The highest BCUT2D eigenvalue weighted by Crippen LogP contribution is 2.33. The van der Waals surface area contributed by atoms with Crippen LogP contribution in [0.3, 0.4) is 0 Å². The predicted molar refractivity (Wildman–Crippen MR) is 110 cm³/mol. The smallest absolute Gasteiger partial charge is 0.306 e. The number of carboxylic acid groups (broad SMARTS) is 1. The van der Waals surface area contributed by atoms with Crippen molar-refractivity contribution in [1.82, 2.24) is 0 Å². The molecule has 1 aromatic heterocycles. The topological polar surface area (TPSA) is 106 Å². The van der Waals surface area contributed by atoms with Crippen molar-refractivity contribution < 1.29 is 28.9 Å². The second-order valence-corrected chi connectivity index (χ2v) is 7.50. The summed E-state index contributed by atoms with van der Waals surface area (Å²) in [6, 6.07) is 11.2. The molecular weight excluding hydrogens is 412 g/mol. The van der Waals surface area contributed by atoms with Crippen molar-refractivity contribution in [3.05, 3.63) is 57.7 Å². The van der Waals surface area contributed by atoms with E-state index in [1.165, 1.54) is 18.2 Å². The van der Waals surface area contributed by atoms with Gasteiger partial charge >= 0.3 is 5.97 Å². The highest BCUT2D eigenvalue weighted by Gasteiger charge is 2.34. The zero-order valence-electron chi connectivity index (χ0n) is 15.8. The molecule has 1 saturated carbocycles. The fraction of sp³-hybridized carbons (Fsp3) is 0.273. The van der Waals surface area contributed by atoms with Gasteiger partial charge in [0.05, 0.1) is 24.0 Å². The van der Waals surface area contributed by atoms with Gasteiger partial charge in [0.1, 0.15) is 28.9 Å². The number of benzene rings is 2. The fourth-order valence-corrected chi connectivity index (χ4v) is 3.51. The first-order chi connectivity index (χ1) is 14.4. The number of aliphatic carboxylic acids is 1. The van der Waals surface area contributed by atoms with Crippen LogP contribution in [0.25, 0.3) is 22.3 Å². The zero-order chi connectivity index (χ0) is 21.3. The molecule has 3 aromatic rings. The van der Waals surface area contributed by atoms with Crippen LogP contribution in [0, 0.1) is 5.92 Å². The Morgan fingerprint density at radius 1 is 1.13 bits per heavy atom. The SMILES string of the molecule is O=C(O)C1CC(OCCOc2ccc(-c3cc(=O)c4ccc(O)c(Cl)c4o3)cc2)C1. The Morgan fingerprint density at radius 3 is 2.57 bits per heavy atom. The van der Waals surface area contributed by atoms with Gasteiger partial charge in [0.15, 0.2) is 11.0 Å². The standard InChI is InChI=1S/C22H19ClO7/c23-20-17(24)6-5-16-18(25)11-19(30-21(16)20)12-1-3-14(4-2-12)28-7-8-29-15-9-13(10-15)22(26)27/h1-6,11,13,15,24H,7-10H2,(H,26,27). The molecule has 1 fully saturated rings. The molecule has 2 N–H and O–H groups in total. The molecule has 0 unspecified atom stereocenters. The van der Waals surface area contributed by atoms with Crippen molar-refractivity contribution >= 4 is 28.5 Å². The summed E-state index contributed by atoms with van der Waals surface area (Å²) in [5, 5.41) is 18.9. The molecule has 0 aliphatic heterocycles. The molecular formula is C22H19ClO7. The Balaban J connectivity index is 1.37. The fourth-order valence-electron chi connectivity index (χ4n) is 3.31. The van der Waals surface area contributed by atoms with Gasteiger partial charge in [-0.15, -0.1) is 0 Å². The number of hydrogen-bond donors (Lipinski definition) is 2. The first-order valence-electron chi connectivity index (χ1n) is 9.45. The molecule has 30 heavy (non-hydrogen) atoms. The highest BCUT2D eigenvalue weighted by atomic mass is 35.5. The number of fused-ring (bicyclic) bond motifs is 1. The lowest BCUT2D eigenvalue weighted by atomic mass is 9.82. The Bertz CT molecular complexity index is 1130. The second kappa shape index (κ2) is 8.38. The second-order valence-electron chi connectivity index (χ2n) is 7.12. The molecule has 1 heterocycles. The number of rotatable bonds is 7. The largest absolute Gasteiger partial charge is 0.506 e. The summed E-state index contributed by atoms with van der Waals surface area (Å²) in [4.78, 5) is 23.1. The number of halogens is 1. The summed E-state index contributed by atoms with van der Waals surface area (Å²) in [5.41, 5.74) is 0.538. The summed E-state index contributed by atoms with van der Waals surface area (Å²) in [6.07, 6.45) is 1.07. The minimum atomic E-state index is -0.771. The van der Waals surface area contributed by atoms with Crippen molar-refractivity contribution in [2.45, 2.75) is 18.9 Å². The maximum absolute atomic E-state index is 12.3. The van der Waals surface area contributed by atoms with Gasteiger partial charge in [-0.3, -0.25) is 9.59 Å². The van der Waals surface area contributed by atoms with E-state index in [0.29, 0.717) is 48.5 Å². The van der Waals surface area contributed by atoms with E-state index >= 15 is 0 Å². The third kappa shape index (κ3) is 4.13. The van der Waals surface area contributed by atoms with Crippen molar-refractivity contribution in [3.8, 4) is 22.8 Å². The maximum atomic E-state index is 12.3. The van der Waals surface area contributed by atoms with Crippen LogP contribution in [0.1, 0.15) is 12.8 Å². The lowest BCUT2D eigenvalue weighted by Crippen LogP contribution is -2.36. The summed E-state index contributed by atoms with van der Waals surface area (Å²) in [6.45, 7) is 0.716. The Labute approximate surface area is 176 Å². The zero-order valence-corrected chi connectivity index (χ0v) is 16.6. The van der Waals surface area contributed by atoms with E-state index < -0.39 is 5.97 Å². The first kappa shape index (κ1) is 20.3. The van der Waals surface area contributed by atoms with E-state index in [4.69, 9.17) is 30.6 Å². The van der Waals surface area contributed by atoms with E-state index in [-0.39, 0.29) is 33.8 Å². The van der Waals surface area contributed by atoms with Crippen LogP contribution in [0.5, 0.6) is 11.5 Å². The van der Waals surface area contributed by atoms with Gasteiger partial charge in [0, 0.05) is 11.6 Å². The van der Waals surface area contributed by atoms with E-state index in [0.717, 1.165) is 0 Å². The van der Waals surface area contributed by atoms with Gasteiger partial charge in [-0.2, -0.15) is 0 Å². The number of ether oxygens (including phenoxy) is 2. The van der Waals surface area contributed by atoms with Crippen LogP contribution < -0.4 is 10.2 Å². The van der Waals surface area contributed by atoms with Crippen molar-refractivity contribution in [2.75, 3.05) is 13.2 Å². The van der Waals surface area contributed by atoms with Crippen LogP contribution in [-0.4, -0.2) is 35.5 Å². The lowest BCUT2D eigenvalue weighted by molar-refractivity contribution is -0.151. The van der Waals surface area contributed by atoms with Crippen LogP contribution in [0.4, 0.5) is 0 Å². The van der Waals surface area contributed by atoms with Crippen molar-refractivity contribution in [2.24, 2.45) is 5.92 Å². The molecule has 2 aromatic carbocycles. The predicted octanol–water partition coefficient (Wildman–Crippen LogP) is 4.08. The van der Waals surface area contributed by atoms with Gasteiger partial charge in [-0.1, -0.05) is 11.6 Å². The maximum Gasteiger partial charge on any atom is 0.306 e. The van der Waals surface area contributed by atoms with Crippen LogP contribution in [-0.2, 0) is 9.53 Å². The molecule has 4 rings (SSSR count). The Kier molecular flexibility index (Phi) is 5.65.